The summed E-state index contributed by atoms with van der Waals surface area (Å²) in [6.07, 6.45) is 16.0. The molecule has 1 aromatic carbocycles. The molecule has 138 valence electrons. The van der Waals surface area contributed by atoms with Gasteiger partial charge >= 0.3 is 0 Å². The Morgan fingerprint density at radius 2 is 1.84 bits per heavy atom. The van der Waals surface area contributed by atoms with Gasteiger partial charge in [-0.15, -0.1) is 0 Å². The van der Waals surface area contributed by atoms with Crippen LogP contribution in [0.3, 0.4) is 0 Å². The zero-order chi connectivity index (χ0) is 17.7. The fourth-order valence-electron chi connectivity index (χ4n) is 2.97. The van der Waals surface area contributed by atoms with Gasteiger partial charge in [-0.05, 0) is 42.7 Å². The standard InChI is InChI=1S/C21H31FN2S/c1-2-3-4-5-6-7-16-25-21(17-24-15-14-23-18-24)13-10-19-8-11-20(22)12-9-19/h8-9,11-12,14-15,18,21H,2-7,10,13,16-17H2,1H3. The van der Waals surface area contributed by atoms with Crippen molar-refractivity contribution in [3.63, 3.8) is 0 Å². The van der Waals surface area contributed by atoms with Crippen LogP contribution in [0.2, 0.25) is 0 Å². The molecule has 1 aromatic heterocycles. The Bertz CT molecular complexity index is 554. The molecule has 0 radical (unpaired) electrons. The number of unbranched alkanes of at least 4 members (excludes halogenated alkanes) is 5. The van der Waals surface area contributed by atoms with Gasteiger partial charge < -0.3 is 4.57 Å². The van der Waals surface area contributed by atoms with Crippen LogP contribution in [-0.2, 0) is 13.0 Å². The molecule has 0 N–H and O–H groups in total. The molecule has 0 spiro atoms. The van der Waals surface area contributed by atoms with Crippen molar-refractivity contribution in [2.75, 3.05) is 5.75 Å². The van der Waals surface area contributed by atoms with Gasteiger partial charge in [-0.25, -0.2) is 9.37 Å². The molecule has 2 rings (SSSR count). The number of thioether (sulfide) groups is 1. The van der Waals surface area contributed by atoms with Crippen LogP contribution in [0.5, 0.6) is 0 Å². The van der Waals surface area contributed by atoms with Crippen molar-refractivity contribution < 1.29 is 4.39 Å². The van der Waals surface area contributed by atoms with Gasteiger partial charge in [0.1, 0.15) is 5.82 Å². The van der Waals surface area contributed by atoms with E-state index in [1.165, 1.54) is 49.8 Å². The number of halogens is 1. The quantitative estimate of drug-likeness (QED) is 0.400. The number of rotatable bonds is 13. The number of benzene rings is 1. The van der Waals surface area contributed by atoms with Crippen molar-refractivity contribution in [3.05, 3.63) is 54.4 Å². The molecule has 2 aromatic rings. The van der Waals surface area contributed by atoms with E-state index in [0.29, 0.717) is 5.25 Å². The summed E-state index contributed by atoms with van der Waals surface area (Å²) in [4.78, 5) is 4.15. The maximum Gasteiger partial charge on any atom is 0.123 e. The molecule has 0 bridgehead atoms. The van der Waals surface area contributed by atoms with Crippen LogP contribution in [0.1, 0.15) is 57.4 Å². The lowest BCUT2D eigenvalue weighted by molar-refractivity contribution is 0.613. The van der Waals surface area contributed by atoms with E-state index in [9.17, 15) is 4.39 Å². The maximum absolute atomic E-state index is 13.0. The first-order valence-electron chi connectivity index (χ1n) is 9.59. The van der Waals surface area contributed by atoms with Crippen LogP contribution < -0.4 is 0 Å². The average Bonchev–Trinajstić information content (AvgIpc) is 3.13. The third-order valence-corrected chi connectivity index (χ3v) is 5.87. The Morgan fingerprint density at radius 3 is 2.56 bits per heavy atom. The van der Waals surface area contributed by atoms with Crippen molar-refractivity contribution in [2.24, 2.45) is 0 Å². The SMILES string of the molecule is CCCCCCCCSC(CCc1ccc(F)cc1)Cn1ccnc1. The number of imidazole rings is 1. The van der Waals surface area contributed by atoms with Crippen LogP contribution >= 0.6 is 11.8 Å². The lowest BCUT2D eigenvalue weighted by Crippen LogP contribution is -2.14. The number of aryl methyl sites for hydroxylation is 1. The van der Waals surface area contributed by atoms with E-state index in [1.54, 1.807) is 12.1 Å². The van der Waals surface area contributed by atoms with E-state index in [2.05, 4.69) is 28.2 Å². The summed E-state index contributed by atoms with van der Waals surface area (Å²) in [5.41, 5.74) is 1.22. The molecule has 1 unspecified atom stereocenters. The van der Waals surface area contributed by atoms with Gasteiger partial charge in [-0.3, -0.25) is 0 Å². The number of aromatic nitrogens is 2. The molecule has 1 heterocycles. The number of hydrogen-bond donors (Lipinski definition) is 0. The van der Waals surface area contributed by atoms with Crippen molar-refractivity contribution in [1.29, 1.82) is 0 Å². The first-order chi connectivity index (χ1) is 12.3. The predicted octanol–water partition coefficient (Wildman–Crippen LogP) is 6.12. The van der Waals surface area contributed by atoms with E-state index in [1.807, 2.05) is 30.9 Å². The largest absolute Gasteiger partial charge is 0.336 e. The molecular formula is C21H31FN2S. The molecule has 4 heteroatoms. The Labute approximate surface area is 156 Å². The topological polar surface area (TPSA) is 17.8 Å². The highest BCUT2D eigenvalue weighted by atomic mass is 32.2. The molecule has 0 fully saturated rings. The summed E-state index contributed by atoms with van der Waals surface area (Å²) in [7, 11) is 0. The monoisotopic (exact) mass is 362 g/mol. The fourth-order valence-corrected chi connectivity index (χ4v) is 4.23. The van der Waals surface area contributed by atoms with E-state index in [-0.39, 0.29) is 5.82 Å². The van der Waals surface area contributed by atoms with Crippen molar-refractivity contribution in [1.82, 2.24) is 9.55 Å². The van der Waals surface area contributed by atoms with Gasteiger partial charge in [-0.1, -0.05) is 51.2 Å². The first-order valence-corrected chi connectivity index (χ1v) is 10.6. The van der Waals surface area contributed by atoms with E-state index in [4.69, 9.17) is 0 Å². The molecular weight excluding hydrogens is 331 g/mol. The highest BCUT2D eigenvalue weighted by Gasteiger charge is 2.11. The van der Waals surface area contributed by atoms with Crippen LogP contribution in [0.25, 0.3) is 0 Å². The first kappa shape index (κ1) is 20.0. The van der Waals surface area contributed by atoms with Crippen molar-refractivity contribution in [3.8, 4) is 0 Å². The minimum absolute atomic E-state index is 0.156. The predicted molar refractivity (Wildman–Crippen MR) is 107 cm³/mol. The summed E-state index contributed by atoms with van der Waals surface area (Å²) < 4.78 is 15.2. The van der Waals surface area contributed by atoms with Crippen LogP contribution in [0.4, 0.5) is 4.39 Å². The maximum atomic E-state index is 13.0. The zero-order valence-electron chi connectivity index (χ0n) is 15.4. The normalized spacial score (nSPS) is 12.4. The second kappa shape index (κ2) is 12.1. The summed E-state index contributed by atoms with van der Waals surface area (Å²) in [6, 6.07) is 6.93. The van der Waals surface area contributed by atoms with E-state index < -0.39 is 0 Å². The van der Waals surface area contributed by atoms with Crippen LogP contribution in [-0.4, -0.2) is 20.6 Å². The Balaban J connectivity index is 1.73. The number of hydrogen-bond acceptors (Lipinski definition) is 2. The minimum Gasteiger partial charge on any atom is -0.336 e. The smallest absolute Gasteiger partial charge is 0.123 e. The molecule has 0 aliphatic heterocycles. The van der Waals surface area contributed by atoms with Gasteiger partial charge in [0.05, 0.1) is 6.33 Å². The summed E-state index contributed by atoms with van der Waals surface area (Å²) in [5, 5.41) is 0.579. The van der Waals surface area contributed by atoms with Crippen LogP contribution in [0.15, 0.2) is 43.0 Å². The minimum atomic E-state index is -0.156. The molecule has 0 saturated heterocycles. The average molecular weight is 363 g/mol. The van der Waals surface area contributed by atoms with Crippen molar-refractivity contribution in [2.45, 2.75) is 70.1 Å². The molecule has 2 nitrogen and oxygen atoms in total. The third kappa shape index (κ3) is 8.57. The lowest BCUT2D eigenvalue weighted by atomic mass is 10.1. The number of nitrogens with zero attached hydrogens (tertiary/aromatic N) is 2. The second-order valence-electron chi connectivity index (χ2n) is 6.69. The molecule has 0 aliphatic carbocycles. The molecule has 25 heavy (non-hydrogen) atoms. The summed E-state index contributed by atoms with van der Waals surface area (Å²) in [5.74, 6) is 1.07. The zero-order valence-corrected chi connectivity index (χ0v) is 16.2. The van der Waals surface area contributed by atoms with Gasteiger partial charge in [0.25, 0.3) is 0 Å². The Morgan fingerprint density at radius 1 is 1.08 bits per heavy atom. The van der Waals surface area contributed by atoms with Gasteiger partial charge in [0.15, 0.2) is 0 Å². The van der Waals surface area contributed by atoms with Gasteiger partial charge in [-0.2, -0.15) is 11.8 Å². The second-order valence-corrected chi connectivity index (χ2v) is 8.09. The summed E-state index contributed by atoms with van der Waals surface area (Å²) in [6.45, 7) is 3.26. The lowest BCUT2D eigenvalue weighted by Gasteiger charge is -2.17. The van der Waals surface area contributed by atoms with Crippen molar-refractivity contribution >= 4 is 11.8 Å². The molecule has 0 saturated carbocycles. The molecule has 0 amide bonds. The molecule has 0 aliphatic rings. The molecule has 1 atom stereocenters. The Kier molecular flexibility index (Phi) is 9.71. The van der Waals surface area contributed by atoms with E-state index >= 15 is 0 Å². The van der Waals surface area contributed by atoms with E-state index in [0.717, 1.165) is 19.4 Å². The Hall–Kier alpha value is -1.29. The third-order valence-electron chi connectivity index (χ3n) is 4.49. The highest BCUT2D eigenvalue weighted by molar-refractivity contribution is 7.99. The highest BCUT2D eigenvalue weighted by Crippen LogP contribution is 2.22. The fraction of sp³-hybridized carbons (Fsp3) is 0.571. The van der Waals surface area contributed by atoms with Gasteiger partial charge in [0, 0.05) is 24.2 Å². The van der Waals surface area contributed by atoms with Gasteiger partial charge in [0.2, 0.25) is 0 Å². The summed E-state index contributed by atoms with van der Waals surface area (Å²) >= 11 is 2.08. The van der Waals surface area contributed by atoms with Crippen LogP contribution in [0, 0.1) is 5.82 Å².